The molecule has 9 nitrogen and oxygen atoms in total. The van der Waals surface area contributed by atoms with E-state index in [2.05, 4.69) is 262 Å². The van der Waals surface area contributed by atoms with Gasteiger partial charge < -0.3 is 42.0 Å². The summed E-state index contributed by atoms with van der Waals surface area (Å²) in [7, 11) is -1.27. The van der Waals surface area contributed by atoms with Crippen LogP contribution < -0.4 is 5.46 Å². The zero-order chi connectivity index (χ0) is 58.7. The number of aromatic nitrogens is 3. The molecule has 6 aromatic carbocycles. The second kappa shape index (κ2) is 25.3. The van der Waals surface area contributed by atoms with Gasteiger partial charge in [-0.2, -0.15) is 0 Å². The summed E-state index contributed by atoms with van der Waals surface area (Å²) in [6, 6.07) is 51.4. The van der Waals surface area contributed by atoms with E-state index in [-0.39, 0.29) is 40.7 Å². The van der Waals surface area contributed by atoms with E-state index in [1.54, 1.807) is 0 Å². The lowest BCUT2D eigenvalue weighted by Crippen LogP contribution is -2.41. The first kappa shape index (κ1) is 62.4. The Hall–Kier alpha value is -4.67. The number of hydrogen-bond acceptors (Lipinski definition) is 6. The monoisotopic (exact) mass is 1280 g/mol. The highest BCUT2D eigenvalue weighted by atomic mass is 79.9. The summed E-state index contributed by atoms with van der Waals surface area (Å²) in [5.74, 6) is 0. The Labute approximate surface area is 508 Å². The van der Waals surface area contributed by atoms with Crippen LogP contribution in [0.15, 0.2) is 173 Å². The number of nitrogens with zero attached hydrogens (tertiary/aromatic N) is 2. The van der Waals surface area contributed by atoms with Crippen LogP contribution in [0.3, 0.4) is 0 Å². The SMILES string of the molecule is Brc1ccc2[nH]ccc2c1.CC1(C)OB(B2OC(C)(C)C(C)(C)O2)OC1(C)C.Cc1ccc(CBr)cc1.Cc1ccc(Cn2ccc3cc(B4OC(C)(C)C(C)(C)O4)ccc32)cc1.Cc1ccc(Cn2ccc3cc(Br)ccc32)cc1. The van der Waals surface area contributed by atoms with Crippen molar-refractivity contribution >= 4 is 107 Å². The molecule has 3 aromatic heterocycles. The maximum Gasteiger partial charge on any atom is 0.494 e. The van der Waals surface area contributed by atoms with Crippen molar-refractivity contribution in [2.75, 3.05) is 0 Å². The van der Waals surface area contributed by atoms with Crippen LogP contribution >= 0.6 is 47.8 Å². The van der Waals surface area contributed by atoms with Crippen LogP contribution in [0.5, 0.6) is 0 Å². The predicted octanol–water partition coefficient (Wildman–Crippen LogP) is 17.1. The smallest absolute Gasteiger partial charge is 0.405 e. The number of halogens is 3. The minimum atomic E-state index is -0.476. The molecular formula is C66H79B3Br3N3O6. The molecule has 3 fully saturated rings. The molecular weight excluding hydrogens is 1200 g/mol. The molecule has 0 aliphatic carbocycles. The molecule has 0 saturated carbocycles. The Morgan fingerprint density at radius 3 is 1.21 bits per heavy atom. The molecule has 9 aromatic rings. The first-order chi connectivity index (χ1) is 38.0. The summed E-state index contributed by atoms with van der Waals surface area (Å²) in [4.78, 5) is 3.13. The van der Waals surface area contributed by atoms with Gasteiger partial charge in [0, 0.05) is 73.3 Å². The number of aromatic amines is 1. The molecule has 0 amide bonds. The summed E-state index contributed by atoms with van der Waals surface area (Å²) in [6.45, 7) is 32.7. The zero-order valence-electron chi connectivity index (χ0n) is 49.9. The molecule has 3 saturated heterocycles. The maximum absolute atomic E-state index is 6.18. The van der Waals surface area contributed by atoms with Gasteiger partial charge in [-0.3, -0.25) is 0 Å². The molecule has 12 rings (SSSR count). The molecule has 3 aliphatic rings. The fraction of sp³-hybridized carbons (Fsp3) is 0.364. The van der Waals surface area contributed by atoms with E-state index in [4.69, 9.17) is 27.9 Å². The van der Waals surface area contributed by atoms with E-state index in [0.29, 0.717) is 0 Å². The quantitative estimate of drug-likeness (QED) is 0.126. The Bertz CT molecular complexity index is 3450. The molecule has 0 radical (unpaired) electrons. The summed E-state index contributed by atoms with van der Waals surface area (Å²) in [6.07, 6.45) is 6.24. The minimum absolute atomic E-state index is 0.315. The Morgan fingerprint density at radius 2 is 0.778 bits per heavy atom. The highest BCUT2D eigenvalue weighted by Crippen LogP contribution is 2.43. The van der Waals surface area contributed by atoms with Gasteiger partial charge in [-0.25, -0.2) is 0 Å². The zero-order valence-corrected chi connectivity index (χ0v) is 54.7. The van der Waals surface area contributed by atoms with Gasteiger partial charge >= 0.3 is 21.1 Å². The number of benzene rings is 6. The third-order valence-electron chi connectivity index (χ3n) is 16.6. The number of aryl methyl sites for hydroxylation is 3. The second-order valence-electron chi connectivity index (χ2n) is 24.5. The van der Waals surface area contributed by atoms with E-state index in [1.165, 1.54) is 66.1 Å². The van der Waals surface area contributed by atoms with Gasteiger partial charge in [-0.15, -0.1) is 0 Å². The second-order valence-corrected chi connectivity index (χ2v) is 26.9. The molecule has 1 N–H and O–H groups in total. The minimum Gasteiger partial charge on any atom is -0.405 e. The maximum atomic E-state index is 6.18. The summed E-state index contributed by atoms with van der Waals surface area (Å²) in [5, 5.41) is 4.68. The summed E-state index contributed by atoms with van der Waals surface area (Å²) >= 11 is 10.3. The standard InChI is InChI=1S/C22H26BNO2.C16H14BrN.C12H24B2O4.C8H6BrN.C8H9Br/c1-16-6-8-17(9-7-16)15-24-13-12-18-14-19(10-11-20(18)24)23-25-21(2,3)22(4,5)26-23;1-12-2-4-13(5-3-12)11-18-9-8-14-10-15(17)6-7-16(14)18;1-9(2)10(3,4)16-13(15-9)14-17-11(5,6)12(7,8)18-14;9-7-1-2-8-6(5-7)3-4-10-8;1-7-2-4-8(6-9)5-3-7/h6-14H,15H2,1-5H3;2-10H,11H2,1H3;1-8H3;1-5,10H;2-5H,6H2,1H3. The molecule has 0 spiro atoms. The lowest BCUT2D eigenvalue weighted by molar-refractivity contribution is 0.00578. The fourth-order valence-corrected chi connectivity index (χ4v) is 10.4. The van der Waals surface area contributed by atoms with Crippen LogP contribution in [0, 0.1) is 20.8 Å². The Balaban J connectivity index is 0.000000139. The number of nitrogens with one attached hydrogen (secondary N) is 1. The first-order valence-corrected chi connectivity index (χ1v) is 30.6. The molecule has 0 atom stereocenters. The number of H-pyrrole nitrogens is 1. The van der Waals surface area contributed by atoms with Crippen LogP contribution in [-0.2, 0) is 46.3 Å². The number of alkyl halides is 1. The van der Waals surface area contributed by atoms with Crippen molar-refractivity contribution in [3.63, 3.8) is 0 Å². The highest BCUT2D eigenvalue weighted by Gasteiger charge is 2.63. The lowest BCUT2D eigenvalue weighted by atomic mass is 9.49. The van der Waals surface area contributed by atoms with Crippen molar-refractivity contribution in [1.82, 2.24) is 14.1 Å². The molecule has 0 unspecified atom stereocenters. The summed E-state index contributed by atoms with van der Waals surface area (Å²) < 4.78 is 43.0. The van der Waals surface area contributed by atoms with Gasteiger partial charge in [0.2, 0.25) is 0 Å². The molecule has 0 bridgehead atoms. The largest absolute Gasteiger partial charge is 0.494 e. The first-order valence-electron chi connectivity index (χ1n) is 27.9. The molecule has 424 valence electrons. The molecule has 81 heavy (non-hydrogen) atoms. The summed E-state index contributed by atoms with van der Waals surface area (Å²) in [5.41, 5.74) is 10.6. The number of rotatable bonds is 7. The van der Waals surface area contributed by atoms with Crippen LogP contribution in [0.2, 0.25) is 0 Å². The Kier molecular flexibility index (Phi) is 19.5. The van der Waals surface area contributed by atoms with E-state index >= 15 is 0 Å². The lowest BCUT2D eigenvalue weighted by Gasteiger charge is -2.32. The van der Waals surface area contributed by atoms with E-state index in [9.17, 15) is 0 Å². The Morgan fingerprint density at radius 1 is 0.407 bits per heavy atom. The predicted molar refractivity (Wildman–Crippen MR) is 350 cm³/mol. The van der Waals surface area contributed by atoms with E-state index in [0.717, 1.165) is 32.8 Å². The van der Waals surface area contributed by atoms with Gasteiger partial charge in [0.1, 0.15) is 0 Å². The van der Waals surface area contributed by atoms with Crippen LogP contribution in [-0.4, -0.2) is 68.9 Å². The van der Waals surface area contributed by atoms with Crippen molar-refractivity contribution < 1.29 is 27.9 Å². The van der Waals surface area contributed by atoms with Gasteiger partial charge in [0.05, 0.1) is 33.6 Å². The van der Waals surface area contributed by atoms with E-state index < -0.39 is 14.0 Å². The third kappa shape index (κ3) is 15.2. The van der Waals surface area contributed by atoms with Gasteiger partial charge in [-0.1, -0.05) is 149 Å². The average Bonchev–Trinajstić information content (AvgIpc) is 4.26. The topological polar surface area (TPSA) is 81.0 Å². The van der Waals surface area contributed by atoms with Crippen molar-refractivity contribution in [2.24, 2.45) is 0 Å². The van der Waals surface area contributed by atoms with Crippen LogP contribution in [0.25, 0.3) is 32.7 Å². The van der Waals surface area contributed by atoms with Crippen molar-refractivity contribution in [2.45, 2.75) is 156 Å². The average molecular weight is 1280 g/mol. The fourth-order valence-electron chi connectivity index (χ4n) is 9.27. The molecule has 15 heteroatoms. The van der Waals surface area contributed by atoms with E-state index in [1.807, 2.05) is 67.7 Å². The normalized spacial score (nSPS) is 17.9. The van der Waals surface area contributed by atoms with Crippen LogP contribution in [0.4, 0.5) is 0 Å². The van der Waals surface area contributed by atoms with Crippen molar-refractivity contribution in [1.29, 1.82) is 0 Å². The van der Waals surface area contributed by atoms with Gasteiger partial charge in [-0.05, 0) is 192 Å². The van der Waals surface area contributed by atoms with Crippen LogP contribution in [0.1, 0.15) is 116 Å². The molecule has 6 heterocycles. The number of hydrogen-bond donors (Lipinski definition) is 1. The highest BCUT2D eigenvalue weighted by molar-refractivity contribution is 9.10. The van der Waals surface area contributed by atoms with Crippen molar-refractivity contribution in [3.05, 3.63) is 207 Å². The van der Waals surface area contributed by atoms with Crippen molar-refractivity contribution in [3.8, 4) is 0 Å². The molecule has 3 aliphatic heterocycles. The van der Waals surface area contributed by atoms with Gasteiger partial charge in [0.25, 0.3) is 0 Å². The van der Waals surface area contributed by atoms with Gasteiger partial charge in [0.15, 0.2) is 0 Å². The third-order valence-corrected chi connectivity index (χ3v) is 18.2. The number of fused-ring (bicyclic) bond motifs is 3.